The molecule has 0 amide bonds. The maximum absolute atomic E-state index is 5.34. The Hall–Kier alpha value is -1.42. The first-order valence-electron chi connectivity index (χ1n) is 6.85. The minimum Gasteiger partial charge on any atom is -0.363 e. The summed E-state index contributed by atoms with van der Waals surface area (Å²) in [6.07, 6.45) is 4.36. The second-order valence-corrected chi connectivity index (χ2v) is 5.22. The Morgan fingerprint density at radius 2 is 2.16 bits per heavy atom. The average Bonchev–Trinajstić information content (AvgIpc) is 2.40. The minimum absolute atomic E-state index is 0.884. The van der Waals surface area contributed by atoms with Crippen molar-refractivity contribution in [3.63, 3.8) is 0 Å². The summed E-state index contributed by atoms with van der Waals surface area (Å²) in [6, 6.07) is 6.15. The fourth-order valence-corrected chi connectivity index (χ4v) is 2.58. The van der Waals surface area contributed by atoms with Crippen molar-refractivity contribution in [2.75, 3.05) is 19.6 Å². The molecule has 102 valence electrons. The molecule has 1 aromatic heterocycles. The van der Waals surface area contributed by atoms with Gasteiger partial charge in [0, 0.05) is 25.3 Å². The van der Waals surface area contributed by atoms with Gasteiger partial charge < -0.3 is 10.2 Å². The first kappa shape index (κ1) is 14.0. The maximum Gasteiger partial charge on any atom is 0.168 e. The van der Waals surface area contributed by atoms with Gasteiger partial charge in [0.1, 0.15) is 0 Å². The van der Waals surface area contributed by atoms with Gasteiger partial charge in [-0.05, 0) is 57.1 Å². The molecule has 0 bridgehead atoms. The van der Waals surface area contributed by atoms with Crippen molar-refractivity contribution in [2.45, 2.75) is 26.7 Å². The Labute approximate surface area is 120 Å². The van der Waals surface area contributed by atoms with E-state index in [0.717, 1.165) is 49.0 Å². The number of nitrogens with one attached hydrogen (secondary N) is 1. The van der Waals surface area contributed by atoms with Crippen molar-refractivity contribution in [3.05, 3.63) is 35.2 Å². The van der Waals surface area contributed by atoms with Crippen LogP contribution in [0.2, 0.25) is 0 Å². The molecule has 2 rings (SSSR count). The highest BCUT2D eigenvalue weighted by Gasteiger charge is 2.15. The fraction of sp³-hybridized carbons (Fsp3) is 0.467. The van der Waals surface area contributed by atoms with Gasteiger partial charge in [-0.2, -0.15) is 0 Å². The minimum atomic E-state index is 0.884. The van der Waals surface area contributed by atoms with Crippen LogP contribution in [0.5, 0.6) is 0 Å². The Kier molecular flexibility index (Phi) is 4.91. The number of aromatic nitrogens is 1. The van der Waals surface area contributed by atoms with Gasteiger partial charge in [-0.25, -0.2) is 0 Å². The number of hydrogen-bond donors (Lipinski definition) is 1. The molecule has 0 radical (unpaired) electrons. The van der Waals surface area contributed by atoms with Gasteiger partial charge in [0.25, 0.3) is 0 Å². The quantitative estimate of drug-likeness (QED) is 0.840. The largest absolute Gasteiger partial charge is 0.363 e. The van der Waals surface area contributed by atoms with Crippen LogP contribution in [0.25, 0.3) is 6.08 Å². The number of rotatable bonds is 2. The summed E-state index contributed by atoms with van der Waals surface area (Å²) in [4.78, 5) is 6.77. The fourth-order valence-electron chi connectivity index (χ4n) is 2.26. The van der Waals surface area contributed by atoms with Crippen molar-refractivity contribution < 1.29 is 0 Å². The lowest BCUT2D eigenvalue weighted by Gasteiger charge is -2.30. The molecular weight excluding hydrogens is 254 g/mol. The molecule has 0 aromatic carbocycles. The summed E-state index contributed by atoms with van der Waals surface area (Å²) in [5.74, 6) is 0. The second kappa shape index (κ2) is 6.66. The molecule has 19 heavy (non-hydrogen) atoms. The average molecular weight is 275 g/mol. The zero-order valence-corrected chi connectivity index (χ0v) is 12.5. The van der Waals surface area contributed by atoms with Crippen LogP contribution < -0.4 is 5.32 Å². The Morgan fingerprint density at radius 3 is 2.79 bits per heavy atom. The number of hydrogen-bond acceptors (Lipinski definition) is 2. The molecule has 2 heterocycles. The van der Waals surface area contributed by atoms with Crippen LogP contribution in [0.3, 0.4) is 0 Å². The van der Waals surface area contributed by atoms with Crippen LogP contribution in [0.15, 0.2) is 23.8 Å². The molecule has 1 aliphatic rings. The topological polar surface area (TPSA) is 28.2 Å². The van der Waals surface area contributed by atoms with Crippen LogP contribution in [0, 0.1) is 6.92 Å². The number of thiocarbonyl (C=S) groups is 1. The SMILES string of the molecule is CCNC(=S)N1CCC(=Cc2cccc(C)n2)CC1. The Morgan fingerprint density at radius 1 is 1.42 bits per heavy atom. The highest BCUT2D eigenvalue weighted by molar-refractivity contribution is 7.80. The van der Waals surface area contributed by atoms with Gasteiger partial charge in [0.05, 0.1) is 5.69 Å². The predicted octanol–water partition coefficient (Wildman–Crippen LogP) is 2.76. The third kappa shape index (κ3) is 4.03. The van der Waals surface area contributed by atoms with E-state index in [1.165, 1.54) is 5.57 Å². The Balaban J connectivity index is 1.94. The van der Waals surface area contributed by atoms with E-state index in [0.29, 0.717) is 0 Å². The van der Waals surface area contributed by atoms with Crippen LogP contribution in [-0.2, 0) is 0 Å². The number of likely N-dealkylation sites (tertiary alicyclic amines) is 1. The summed E-state index contributed by atoms with van der Waals surface area (Å²) >= 11 is 5.34. The van der Waals surface area contributed by atoms with E-state index in [1.54, 1.807) is 0 Å². The molecule has 0 saturated carbocycles. The second-order valence-electron chi connectivity index (χ2n) is 4.83. The summed E-state index contributed by atoms with van der Waals surface area (Å²) in [5.41, 5.74) is 3.60. The van der Waals surface area contributed by atoms with Gasteiger partial charge in [0.15, 0.2) is 5.11 Å². The number of piperidine rings is 1. The zero-order valence-electron chi connectivity index (χ0n) is 11.6. The molecule has 0 atom stereocenters. The zero-order chi connectivity index (χ0) is 13.7. The normalized spacial score (nSPS) is 15.3. The Bertz CT molecular complexity index is 472. The maximum atomic E-state index is 5.34. The molecule has 1 fully saturated rings. The molecule has 1 N–H and O–H groups in total. The van der Waals surface area contributed by atoms with Crippen LogP contribution in [0.1, 0.15) is 31.2 Å². The summed E-state index contributed by atoms with van der Waals surface area (Å²) in [5, 5.41) is 4.10. The first-order valence-corrected chi connectivity index (χ1v) is 7.25. The lowest BCUT2D eigenvalue weighted by molar-refractivity contribution is 0.384. The molecule has 4 heteroatoms. The van der Waals surface area contributed by atoms with Crippen molar-refractivity contribution in [1.29, 1.82) is 0 Å². The standard InChI is InChI=1S/C15H21N3S/c1-3-16-15(19)18-9-7-13(8-10-18)11-14-6-4-5-12(2)17-14/h4-6,11H,3,7-10H2,1-2H3,(H,16,19). The van der Waals surface area contributed by atoms with Crippen molar-refractivity contribution >= 4 is 23.4 Å². The van der Waals surface area contributed by atoms with Gasteiger partial charge in [-0.3, -0.25) is 4.98 Å². The predicted molar refractivity (Wildman–Crippen MR) is 84.0 cm³/mol. The summed E-state index contributed by atoms with van der Waals surface area (Å²) in [7, 11) is 0. The van der Waals surface area contributed by atoms with Crippen LogP contribution in [-0.4, -0.2) is 34.6 Å². The first-order chi connectivity index (χ1) is 9.19. The molecule has 1 saturated heterocycles. The molecule has 1 aromatic rings. The van der Waals surface area contributed by atoms with E-state index in [9.17, 15) is 0 Å². The van der Waals surface area contributed by atoms with E-state index < -0.39 is 0 Å². The lowest BCUT2D eigenvalue weighted by atomic mass is 10.0. The number of nitrogens with zero attached hydrogens (tertiary/aromatic N) is 2. The van der Waals surface area contributed by atoms with Crippen molar-refractivity contribution in [2.24, 2.45) is 0 Å². The van der Waals surface area contributed by atoms with Crippen LogP contribution in [0.4, 0.5) is 0 Å². The monoisotopic (exact) mass is 275 g/mol. The number of aryl methyl sites for hydroxylation is 1. The van der Waals surface area contributed by atoms with Crippen molar-refractivity contribution in [1.82, 2.24) is 15.2 Å². The molecule has 0 unspecified atom stereocenters. The summed E-state index contributed by atoms with van der Waals surface area (Å²) in [6.45, 7) is 7.00. The van der Waals surface area contributed by atoms with E-state index in [-0.39, 0.29) is 0 Å². The van der Waals surface area contributed by atoms with Crippen LogP contribution >= 0.6 is 12.2 Å². The summed E-state index contributed by atoms with van der Waals surface area (Å²) < 4.78 is 0. The highest BCUT2D eigenvalue weighted by Crippen LogP contribution is 2.18. The number of pyridine rings is 1. The van der Waals surface area contributed by atoms with E-state index in [2.05, 4.69) is 40.3 Å². The van der Waals surface area contributed by atoms with Crippen molar-refractivity contribution in [3.8, 4) is 0 Å². The van der Waals surface area contributed by atoms with Gasteiger partial charge in [0.2, 0.25) is 0 Å². The molecule has 0 aliphatic carbocycles. The molecule has 1 aliphatic heterocycles. The molecule has 0 spiro atoms. The molecule has 3 nitrogen and oxygen atoms in total. The smallest absolute Gasteiger partial charge is 0.168 e. The lowest BCUT2D eigenvalue weighted by Crippen LogP contribution is -2.42. The van der Waals surface area contributed by atoms with E-state index >= 15 is 0 Å². The van der Waals surface area contributed by atoms with Gasteiger partial charge >= 0.3 is 0 Å². The van der Waals surface area contributed by atoms with Gasteiger partial charge in [-0.1, -0.05) is 11.6 Å². The third-order valence-electron chi connectivity index (χ3n) is 3.28. The van der Waals surface area contributed by atoms with E-state index in [4.69, 9.17) is 12.2 Å². The molecular formula is C15H21N3S. The van der Waals surface area contributed by atoms with Gasteiger partial charge in [-0.15, -0.1) is 0 Å². The third-order valence-corrected chi connectivity index (χ3v) is 3.69. The highest BCUT2D eigenvalue weighted by atomic mass is 32.1. The van der Waals surface area contributed by atoms with E-state index in [1.807, 2.05) is 13.0 Å².